The van der Waals surface area contributed by atoms with Crippen LogP contribution in [0.2, 0.25) is 0 Å². The maximum absolute atomic E-state index is 9.72. The highest BCUT2D eigenvalue weighted by atomic mass is 16.5. The van der Waals surface area contributed by atoms with E-state index in [1.54, 1.807) is 6.92 Å². The van der Waals surface area contributed by atoms with Crippen molar-refractivity contribution in [1.82, 2.24) is 0 Å². The van der Waals surface area contributed by atoms with E-state index in [1.165, 1.54) is 0 Å². The minimum Gasteiger partial charge on any atom is -0.494 e. The molecule has 2 aromatic rings. The van der Waals surface area contributed by atoms with Gasteiger partial charge in [-0.05, 0) is 43.7 Å². The first-order valence-corrected chi connectivity index (χ1v) is 6.88. The van der Waals surface area contributed by atoms with Gasteiger partial charge >= 0.3 is 0 Å². The van der Waals surface area contributed by atoms with Gasteiger partial charge in [-0.15, -0.1) is 0 Å². The SMILES string of the molecule is CCCOc1ccc(Oc2ccccc2[C@H](C)O)cc1. The number of aliphatic hydroxyl groups excluding tert-OH is 1. The van der Waals surface area contributed by atoms with E-state index in [1.807, 2.05) is 48.5 Å². The Morgan fingerprint density at radius 2 is 1.65 bits per heavy atom. The summed E-state index contributed by atoms with van der Waals surface area (Å²) in [5.41, 5.74) is 0.777. The van der Waals surface area contributed by atoms with E-state index in [4.69, 9.17) is 9.47 Å². The average Bonchev–Trinajstić information content (AvgIpc) is 2.47. The molecule has 3 nitrogen and oxygen atoms in total. The van der Waals surface area contributed by atoms with Gasteiger partial charge in [0.25, 0.3) is 0 Å². The Morgan fingerprint density at radius 3 is 2.30 bits per heavy atom. The summed E-state index contributed by atoms with van der Waals surface area (Å²) in [7, 11) is 0. The van der Waals surface area contributed by atoms with Crippen LogP contribution in [-0.4, -0.2) is 11.7 Å². The quantitative estimate of drug-likeness (QED) is 0.851. The van der Waals surface area contributed by atoms with Crippen LogP contribution in [-0.2, 0) is 0 Å². The zero-order chi connectivity index (χ0) is 14.4. The van der Waals surface area contributed by atoms with Crippen molar-refractivity contribution in [3.63, 3.8) is 0 Å². The molecule has 2 rings (SSSR count). The van der Waals surface area contributed by atoms with Gasteiger partial charge in [-0.3, -0.25) is 0 Å². The van der Waals surface area contributed by atoms with Crippen molar-refractivity contribution in [2.75, 3.05) is 6.61 Å². The molecule has 0 saturated carbocycles. The summed E-state index contributed by atoms with van der Waals surface area (Å²) in [6.07, 6.45) is 0.429. The second-order valence-electron chi connectivity index (χ2n) is 4.64. The summed E-state index contributed by atoms with van der Waals surface area (Å²) in [5.74, 6) is 2.23. The Morgan fingerprint density at radius 1 is 1.00 bits per heavy atom. The molecule has 20 heavy (non-hydrogen) atoms. The second-order valence-corrected chi connectivity index (χ2v) is 4.64. The molecule has 0 aromatic heterocycles. The predicted molar refractivity (Wildman–Crippen MR) is 79.4 cm³/mol. The molecule has 106 valence electrons. The molecule has 3 heteroatoms. The third kappa shape index (κ3) is 3.75. The Balaban J connectivity index is 2.10. The van der Waals surface area contributed by atoms with Gasteiger partial charge in [0.05, 0.1) is 12.7 Å². The minimum absolute atomic E-state index is 0.557. The molecule has 0 saturated heterocycles. The van der Waals surface area contributed by atoms with Crippen molar-refractivity contribution in [3.05, 3.63) is 54.1 Å². The van der Waals surface area contributed by atoms with E-state index < -0.39 is 6.10 Å². The van der Waals surface area contributed by atoms with Crippen molar-refractivity contribution in [2.45, 2.75) is 26.4 Å². The molecule has 1 atom stereocenters. The minimum atomic E-state index is -0.557. The first-order chi connectivity index (χ1) is 9.70. The van der Waals surface area contributed by atoms with Gasteiger partial charge in [0, 0.05) is 5.56 Å². The Bertz CT molecular complexity index is 532. The lowest BCUT2D eigenvalue weighted by Gasteiger charge is -2.13. The van der Waals surface area contributed by atoms with Crippen LogP contribution < -0.4 is 9.47 Å². The highest BCUT2D eigenvalue weighted by molar-refractivity contribution is 5.40. The van der Waals surface area contributed by atoms with E-state index >= 15 is 0 Å². The maximum Gasteiger partial charge on any atom is 0.133 e. The fourth-order valence-corrected chi connectivity index (χ4v) is 1.87. The van der Waals surface area contributed by atoms with Crippen molar-refractivity contribution in [1.29, 1.82) is 0 Å². The summed E-state index contributed by atoms with van der Waals surface area (Å²) in [6, 6.07) is 15.0. The molecular weight excluding hydrogens is 252 g/mol. The normalized spacial score (nSPS) is 11.9. The smallest absolute Gasteiger partial charge is 0.133 e. The van der Waals surface area contributed by atoms with Crippen LogP contribution in [0.5, 0.6) is 17.2 Å². The number of aliphatic hydroxyl groups is 1. The van der Waals surface area contributed by atoms with Crippen LogP contribution >= 0.6 is 0 Å². The second kappa shape index (κ2) is 6.96. The zero-order valence-corrected chi connectivity index (χ0v) is 11.9. The number of rotatable bonds is 6. The number of ether oxygens (including phenoxy) is 2. The van der Waals surface area contributed by atoms with Crippen molar-refractivity contribution in [2.24, 2.45) is 0 Å². The molecule has 0 heterocycles. The molecule has 1 N–H and O–H groups in total. The molecule has 0 fully saturated rings. The van der Waals surface area contributed by atoms with Crippen LogP contribution in [0.4, 0.5) is 0 Å². The van der Waals surface area contributed by atoms with E-state index in [2.05, 4.69) is 6.92 Å². The number of hydrogen-bond donors (Lipinski definition) is 1. The largest absolute Gasteiger partial charge is 0.494 e. The molecule has 0 spiro atoms. The van der Waals surface area contributed by atoms with Gasteiger partial charge in [-0.2, -0.15) is 0 Å². The lowest BCUT2D eigenvalue weighted by atomic mass is 10.1. The lowest BCUT2D eigenvalue weighted by Crippen LogP contribution is -1.96. The summed E-state index contributed by atoms with van der Waals surface area (Å²) in [4.78, 5) is 0. The fraction of sp³-hybridized carbons (Fsp3) is 0.294. The fourth-order valence-electron chi connectivity index (χ4n) is 1.87. The van der Waals surface area contributed by atoms with Crippen LogP contribution in [0.25, 0.3) is 0 Å². The first kappa shape index (κ1) is 14.4. The number of para-hydroxylation sites is 1. The molecular formula is C17H20O3. The van der Waals surface area contributed by atoms with Crippen LogP contribution in [0, 0.1) is 0 Å². The van der Waals surface area contributed by atoms with E-state index in [-0.39, 0.29) is 0 Å². The predicted octanol–water partition coefficient (Wildman–Crippen LogP) is 4.32. The molecule has 0 bridgehead atoms. The summed E-state index contributed by atoms with van der Waals surface area (Å²) < 4.78 is 11.3. The van der Waals surface area contributed by atoms with E-state index in [0.717, 1.165) is 23.5 Å². The molecule has 0 aliphatic heterocycles. The lowest BCUT2D eigenvalue weighted by molar-refractivity contribution is 0.195. The van der Waals surface area contributed by atoms with Gasteiger partial charge in [0.1, 0.15) is 17.2 Å². The van der Waals surface area contributed by atoms with Crippen molar-refractivity contribution in [3.8, 4) is 17.2 Å². The summed E-state index contributed by atoms with van der Waals surface area (Å²) in [6.45, 7) is 4.51. The molecule has 0 unspecified atom stereocenters. The average molecular weight is 272 g/mol. The third-order valence-electron chi connectivity index (χ3n) is 2.89. The Hall–Kier alpha value is -2.00. The van der Waals surface area contributed by atoms with E-state index in [0.29, 0.717) is 12.4 Å². The van der Waals surface area contributed by atoms with Gasteiger partial charge in [-0.1, -0.05) is 25.1 Å². The topological polar surface area (TPSA) is 38.7 Å². The summed E-state index contributed by atoms with van der Waals surface area (Å²) >= 11 is 0. The summed E-state index contributed by atoms with van der Waals surface area (Å²) in [5, 5.41) is 9.72. The van der Waals surface area contributed by atoms with Crippen LogP contribution in [0.3, 0.4) is 0 Å². The monoisotopic (exact) mass is 272 g/mol. The molecule has 0 aliphatic rings. The van der Waals surface area contributed by atoms with E-state index in [9.17, 15) is 5.11 Å². The van der Waals surface area contributed by atoms with Crippen molar-refractivity contribution < 1.29 is 14.6 Å². The number of benzene rings is 2. The standard InChI is InChI=1S/C17H20O3/c1-3-12-19-14-8-10-15(11-9-14)20-17-7-5-4-6-16(17)13(2)18/h4-11,13,18H,3,12H2,1-2H3/t13-/m0/s1. The van der Waals surface area contributed by atoms with Gasteiger partial charge in [0.15, 0.2) is 0 Å². The van der Waals surface area contributed by atoms with Crippen LogP contribution in [0.1, 0.15) is 31.9 Å². The van der Waals surface area contributed by atoms with Crippen LogP contribution in [0.15, 0.2) is 48.5 Å². The first-order valence-electron chi connectivity index (χ1n) is 6.88. The molecule has 0 amide bonds. The zero-order valence-electron chi connectivity index (χ0n) is 11.9. The maximum atomic E-state index is 9.72. The highest BCUT2D eigenvalue weighted by Gasteiger charge is 2.09. The van der Waals surface area contributed by atoms with Gasteiger partial charge in [0.2, 0.25) is 0 Å². The molecule has 2 aromatic carbocycles. The Kier molecular flexibility index (Phi) is 5.02. The highest BCUT2D eigenvalue weighted by Crippen LogP contribution is 2.30. The third-order valence-corrected chi connectivity index (χ3v) is 2.89. The van der Waals surface area contributed by atoms with Crippen molar-refractivity contribution >= 4 is 0 Å². The molecule has 0 radical (unpaired) electrons. The Labute approximate surface area is 119 Å². The molecule has 0 aliphatic carbocycles. The van der Waals surface area contributed by atoms with Gasteiger partial charge < -0.3 is 14.6 Å². The van der Waals surface area contributed by atoms with Gasteiger partial charge in [-0.25, -0.2) is 0 Å². The number of hydrogen-bond acceptors (Lipinski definition) is 3.